The summed E-state index contributed by atoms with van der Waals surface area (Å²) < 4.78 is 6.73. The lowest BCUT2D eigenvalue weighted by molar-refractivity contribution is -0.145. The van der Waals surface area contributed by atoms with Gasteiger partial charge in [0, 0.05) is 52.3 Å². The monoisotopic (exact) mass is 582 g/mol. The average molecular weight is 583 g/mol. The molecule has 6 rings (SSSR count). The zero-order valence-electron chi connectivity index (χ0n) is 23.5. The van der Waals surface area contributed by atoms with Gasteiger partial charge in [-0.05, 0) is 25.7 Å². The summed E-state index contributed by atoms with van der Waals surface area (Å²) >= 11 is 0. The number of hydrogen-bond donors (Lipinski definition) is 4. The molecule has 0 radical (unpaired) electrons. The summed E-state index contributed by atoms with van der Waals surface area (Å²) in [4.78, 5) is 34.6. The van der Waals surface area contributed by atoms with Crippen LogP contribution in [0.4, 0.5) is 4.79 Å². The molecule has 0 fully saturated rings. The molecule has 4 N–H and O–H groups in total. The van der Waals surface area contributed by atoms with Gasteiger partial charge < -0.3 is 30.0 Å². The van der Waals surface area contributed by atoms with Crippen LogP contribution in [0.1, 0.15) is 123 Å². The van der Waals surface area contributed by atoms with Gasteiger partial charge in [-0.25, -0.2) is 9.59 Å². The van der Waals surface area contributed by atoms with Gasteiger partial charge in [-0.2, -0.15) is 0 Å². The molecular weight excluding hydrogens is 544 g/mol. The minimum absolute atomic E-state index is 0.0390. The van der Waals surface area contributed by atoms with E-state index in [0.29, 0.717) is 35.1 Å². The third kappa shape index (κ3) is 5.09. The second-order valence-corrected chi connectivity index (χ2v) is 11.8. The fourth-order valence-electron chi connectivity index (χ4n) is 7.02. The first-order valence-corrected chi connectivity index (χ1v) is 15.1. The molecule has 4 aliphatic rings. The van der Waals surface area contributed by atoms with Crippen molar-refractivity contribution in [2.45, 2.75) is 101 Å². The maximum Gasteiger partial charge on any atom is 0.533 e. The number of ether oxygens (including phenoxy) is 1. The molecule has 0 aromatic carbocycles. The van der Waals surface area contributed by atoms with Crippen LogP contribution in [-0.4, -0.2) is 48.6 Å². The van der Waals surface area contributed by atoms with Crippen molar-refractivity contribution < 1.29 is 44.4 Å². The van der Waals surface area contributed by atoms with E-state index in [9.17, 15) is 30.0 Å². The number of unbranched alkanes of at least 4 members (excludes halogenated alkanes) is 8. The maximum atomic E-state index is 12.3. The largest absolute Gasteiger partial charge is 0.533 e. The molecule has 0 aliphatic heterocycles. The molecule has 0 spiro atoms. The van der Waals surface area contributed by atoms with E-state index >= 15 is 0 Å². The number of rotatable bonds is 14. The summed E-state index contributed by atoms with van der Waals surface area (Å²) in [6.07, 6.45) is 17.3. The summed E-state index contributed by atoms with van der Waals surface area (Å²) in [7, 11) is 0. The van der Waals surface area contributed by atoms with Crippen LogP contribution in [0.25, 0.3) is 0 Å². The fraction of sp³-hybridized carbons (Fsp3) is 0.548. The summed E-state index contributed by atoms with van der Waals surface area (Å²) in [5.74, 6) is -1.10. The Kier molecular flexibility index (Phi) is 7.83. The van der Waals surface area contributed by atoms with E-state index in [1.807, 2.05) is 24.3 Å². The number of carbonyl (C=O) groups excluding carboxylic acids is 2. The predicted molar refractivity (Wildman–Crippen MR) is 150 cm³/mol. The third-order valence-electron chi connectivity index (χ3n) is 9.07. The van der Waals surface area contributed by atoms with Gasteiger partial charge in [0.2, 0.25) is 23.5 Å². The van der Waals surface area contributed by atoms with Crippen molar-refractivity contribution in [3.63, 3.8) is 0 Å². The minimum Gasteiger partial charge on any atom is -0.492 e. The van der Waals surface area contributed by atoms with E-state index in [4.69, 9.17) is 14.4 Å². The van der Waals surface area contributed by atoms with Gasteiger partial charge in [-0.15, -0.1) is 9.46 Å². The lowest BCUT2D eigenvalue weighted by Gasteiger charge is -2.09. The van der Waals surface area contributed by atoms with Gasteiger partial charge in [-0.1, -0.05) is 69.2 Å². The number of aromatic hydroxyl groups is 4. The summed E-state index contributed by atoms with van der Waals surface area (Å²) in [5.41, 5.74) is 2.59. The Hall–Kier alpha value is -4.02. The van der Waals surface area contributed by atoms with E-state index < -0.39 is 12.1 Å². The van der Waals surface area contributed by atoms with Crippen LogP contribution in [0.5, 0.6) is 23.5 Å². The summed E-state index contributed by atoms with van der Waals surface area (Å²) in [5, 5.41) is 41.7. The Morgan fingerprint density at radius 1 is 0.595 bits per heavy atom. The van der Waals surface area contributed by atoms with Crippen molar-refractivity contribution in [1.29, 1.82) is 0 Å². The van der Waals surface area contributed by atoms with Crippen LogP contribution in [0.3, 0.4) is 0 Å². The molecule has 11 heteroatoms. The highest BCUT2D eigenvalue weighted by atomic mass is 16.8. The van der Waals surface area contributed by atoms with Gasteiger partial charge in [0.1, 0.15) is 0 Å². The molecule has 226 valence electrons. The Morgan fingerprint density at radius 3 is 1.43 bits per heavy atom. The molecule has 2 aromatic rings. The molecule has 4 unspecified atom stereocenters. The van der Waals surface area contributed by atoms with Crippen LogP contribution in [-0.2, 0) is 9.53 Å². The molecule has 42 heavy (non-hydrogen) atoms. The van der Waals surface area contributed by atoms with Gasteiger partial charge in [-0.3, -0.25) is 4.84 Å². The van der Waals surface area contributed by atoms with Gasteiger partial charge >= 0.3 is 12.1 Å². The van der Waals surface area contributed by atoms with Crippen LogP contribution < -0.4 is 9.68 Å². The average Bonchev–Trinajstić information content (AvgIpc) is 3.82. The number of allylic oxidation sites excluding steroid dienone is 4. The van der Waals surface area contributed by atoms with Gasteiger partial charge in [0.05, 0.1) is 6.61 Å². The summed E-state index contributed by atoms with van der Waals surface area (Å²) in [6.45, 7) is 0.198. The fourth-order valence-corrected chi connectivity index (χ4v) is 7.02. The maximum absolute atomic E-state index is 12.3. The minimum atomic E-state index is -0.965. The quantitative estimate of drug-likeness (QED) is 0.128. The Morgan fingerprint density at radius 2 is 0.976 bits per heavy atom. The molecule has 0 saturated carbocycles. The number of aromatic nitrogens is 2. The van der Waals surface area contributed by atoms with Crippen molar-refractivity contribution in [2.75, 3.05) is 6.61 Å². The topological polar surface area (TPSA) is 153 Å². The van der Waals surface area contributed by atoms with Crippen molar-refractivity contribution in [1.82, 2.24) is 9.46 Å². The Bertz CT molecular complexity index is 1240. The second kappa shape index (κ2) is 11.7. The summed E-state index contributed by atoms with van der Waals surface area (Å²) in [6, 6.07) is 0. The van der Waals surface area contributed by atoms with Crippen LogP contribution >= 0.6 is 0 Å². The van der Waals surface area contributed by atoms with E-state index in [0.717, 1.165) is 67.2 Å². The second-order valence-electron chi connectivity index (χ2n) is 11.8. The number of nitrogens with zero attached hydrogens (tertiary/aromatic N) is 2. The molecular formula is C31H38N2O9. The zero-order valence-corrected chi connectivity index (χ0v) is 23.5. The molecule has 2 aromatic heterocycles. The molecule has 11 nitrogen and oxygen atoms in total. The first-order valence-electron chi connectivity index (χ1n) is 15.1. The van der Waals surface area contributed by atoms with Crippen molar-refractivity contribution in [3.8, 4) is 23.5 Å². The number of fused-ring (bicyclic) bond motifs is 10. The third-order valence-corrected chi connectivity index (χ3v) is 9.07. The number of hydrogen-bond acceptors (Lipinski definition) is 9. The molecule has 4 atom stereocenters. The van der Waals surface area contributed by atoms with Crippen molar-refractivity contribution in [2.24, 2.45) is 0 Å². The van der Waals surface area contributed by atoms with Crippen LogP contribution in [0.15, 0.2) is 24.3 Å². The van der Waals surface area contributed by atoms with Crippen molar-refractivity contribution >= 4 is 12.1 Å². The smallest absolute Gasteiger partial charge is 0.492 e. The van der Waals surface area contributed by atoms with Crippen molar-refractivity contribution in [3.05, 3.63) is 46.6 Å². The Balaban J connectivity index is 0.778. The highest BCUT2D eigenvalue weighted by Crippen LogP contribution is 2.57. The molecule has 4 bridgehead atoms. The highest BCUT2D eigenvalue weighted by molar-refractivity contribution is 5.70. The molecule has 2 heterocycles. The van der Waals surface area contributed by atoms with Crippen LogP contribution in [0, 0.1) is 0 Å². The van der Waals surface area contributed by atoms with E-state index in [2.05, 4.69) is 0 Å². The van der Waals surface area contributed by atoms with E-state index in [1.54, 1.807) is 0 Å². The molecule has 0 amide bonds. The van der Waals surface area contributed by atoms with Gasteiger partial charge in [0.15, 0.2) is 0 Å². The standard InChI is InChI=1S/C31H38N2O9/c34-22(41-32-27(35)23-18-11-12-19(16-18)24(23)28(32)36)10-8-6-4-2-1-3-5-7-9-15-40-31(39)42-33-29(37)25-20-13-14-21(17-20)26(25)30(33)38/h11-14,18-21,35-38H,1-10,15-17H2. The van der Waals surface area contributed by atoms with E-state index in [1.165, 1.54) is 0 Å². The zero-order chi connectivity index (χ0) is 29.4. The number of carbonyl (C=O) groups is 2. The first kappa shape index (κ1) is 28.1. The lowest BCUT2D eigenvalue weighted by Crippen LogP contribution is -2.21. The predicted octanol–water partition coefficient (Wildman–Crippen LogP) is 5.52. The molecule has 0 saturated heterocycles. The normalized spacial score (nSPS) is 22.1. The Labute approximate surface area is 243 Å². The van der Waals surface area contributed by atoms with Gasteiger partial charge in [0.25, 0.3) is 0 Å². The van der Waals surface area contributed by atoms with E-state index in [-0.39, 0.29) is 60.2 Å². The SMILES string of the molecule is O=C(CCCCCCCCCCCOC(=O)On1c(O)c2c(c1O)C1C=CC2C1)On1c(O)c2c(c1O)C1C=CC2C1. The van der Waals surface area contributed by atoms with Crippen LogP contribution in [0.2, 0.25) is 0 Å². The first-order chi connectivity index (χ1) is 20.3. The highest BCUT2D eigenvalue weighted by Gasteiger charge is 2.43. The lowest BCUT2D eigenvalue weighted by atomic mass is 10.0. The molecule has 4 aliphatic carbocycles.